The van der Waals surface area contributed by atoms with Crippen molar-refractivity contribution >= 4 is 11.8 Å². The number of hydrogen-bond acceptors (Lipinski definition) is 4. The predicted octanol–water partition coefficient (Wildman–Crippen LogP) is 3.45. The van der Waals surface area contributed by atoms with Crippen LogP contribution in [0, 0.1) is 6.92 Å². The fraction of sp³-hybridized carbons (Fsp3) is 0.444. The molecular formula is C18H21NO4. The Bertz CT molecular complexity index is 725. The van der Waals surface area contributed by atoms with Crippen molar-refractivity contribution < 1.29 is 18.7 Å². The van der Waals surface area contributed by atoms with Crippen molar-refractivity contribution in [2.24, 2.45) is 0 Å². The normalized spacial score (nSPS) is 17.1. The van der Waals surface area contributed by atoms with E-state index >= 15 is 0 Å². The summed E-state index contributed by atoms with van der Waals surface area (Å²) in [5.41, 5.74) is 2.94. The van der Waals surface area contributed by atoms with Crippen molar-refractivity contribution in [2.75, 3.05) is 0 Å². The molecule has 23 heavy (non-hydrogen) atoms. The standard InChI is InChI=1S/C18H21NO4/c1-11(2)23-18(21)14-5-4-7-19-15(14)9-12(3)16(19)17(20)13-6-8-22-10-13/h6,8-11,14H,4-5,7H2,1-3H3. The van der Waals surface area contributed by atoms with E-state index in [2.05, 4.69) is 0 Å². The molecule has 1 aliphatic rings. The van der Waals surface area contributed by atoms with Gasteiger partial charge in [-0.05, 0) is 51.3 Å². The molecular weight excluding hydrogens is 294 g/mol. The third-order valence-electron chi connectivity index (χ3n) is 4.19. The van der Waals surface area contributed by atoms with Crippen LogP contribution in [0.1, 0.15) is 59.9 Å². The molecule has 0 aliphatic carbocycles. The molecule has 0 saturated carbocycles. The molecule has 3 heterocycles. The Balaban J connectivity index is 1.98. The number of esters is 1. The second kappa shape index (κ2) is 6.07. The molecule has 0 saturated heterocycles. The number of rotatable bonds is 4. The van der Waals surface area contributed by atoms with Crippen molar-refractivity contribution in [1.82, 2.24) is 4.57 Å². The fourth-order valence-electron chi connectivity index (χ4n) is 3.23. The smallest absolute Gasteiger partial charge is 0.315 e. The number of furan rings is 1. The molecule has 0 aromatic carbocycles. The molecule has 3 rings (SSSR count). The molecule has 1 atom stereocenters. The first-order chi connectivity index (χ1) is 11.0. The van der Waals surface area contributed by atoms with Crippen LogP contribution in [-0.2, 0) is 16.1 Å². The Hall–Kier alpha value is -2.30. The minimum Gasteiger partial charge on any atom is -0.472 e. The Morgan fingerprint density at radius 1 is 1.39 bits per heavy atom. The van der Waals surface area contributed by atoms with Gasteiger partial charge in [0.15, 0.2) is 0 Å². The van der Waals surface area contributed by atoms with Crippen LogP contribution in [0.15, 0.2) is 29.1 Å². The van der Waals surface area contributed by atoms with Crippen molar-refractivity contribution in [3.8, 4) is 0 Å². The Labute approximate surface area is 135 Å². The summed E-state index contributed by atoms with van der Waals surface area (Å²) in [4.78, 5) is 25.1. The van der Waals surface area contributed by atoms with Gasteiger partial charge in [0.05, 0.1) is 29.5 Å². The second-order valence-electron chi connectivity index (χ2n) is 6.27. The number of aryl methyl sites for hydroxylation is 1. The molecule has 1 aliphatic heterocycles. The van der Waals surface area contributed by atoms with Crippen LogP contribution in [0.25, 0.3) is 0 Å². The molecule has 2 aromatic rings. The van der Waals surface area contributed by atoms with E-state index in [-0.39, 0.29) is 23.8 Å². The maximum atomic E-state index is 12.7. The SMILES string of the molecule is Cc1cc2n(c1C(=O)c1ccoc1)CCCC2C(=O)OC(C)C. The molecule has 0 bridgehead atoms. The maximum Gasteiger partial charge on any atom is 0.315 e. The highest BCUT2D eigenvalue weighted by Gasteiger charge is 2.32. The van der Waals surface area contributed by atoms with Gasteiger partial charge in [0.2, 0.25) is 5.78 Å². The zero-order valence-electron chi connectivity index (χ0n) is 13.7. The van der Waals surface area contributed by atoms with Crippen LogP contribution in [0.4, 0.5) is 0 Å². The van der Waals surface area contributed by atoms with Gasteiger partial charge in [-0.15, -0.1) is 0 Å². The lowest BCUT2D eigenvalue weighted by molar-refractivity contribution is -0.149. The summed E-state index contributed by atoms with van der Waals surface area (Å²) in [7, 11) is 0. The lowest BCUT2D eigenvalue weighted by atomic mass is 9.96. The largest absolute Gasteiger partial charge is 0.472 e. The van der Waals surface area contributed by atoms with Gasteiger partial charge >= 0.3 is 5.97 Å². The zero-order chi connectivity index (χ0) is 16.6. The van der Waals surface area contributed by atoms with E-state index in [4.69, 9.17) is 9.15 Å². The van der Waals surface area contributed by atoms with Gasteiger partial charge in [0.1, 0.15) is 6.26 Å². The van der Waals surface area contributed by atoms with Gasteiger partial charge < -0.3 is 13.7 Å². The number of ketones is 1. The van der Waals surface area contributed by atoms with Crippen LogP contribution >= 0.6 is 0 Å². The third-order valence-corrected chi connectivity index (χ3v) is 4.19. The molecule has 122 valence electrons. The summed E-state index contributed by atoms with van der Waals surface area (Å²) < 4.78 is 12.4. The van der Waals surface area contributed by atoms with Crippen LogP contribution in [0.2, 0.25) is 0 Å². The van der Waals surface area contributed by atoms with Crippen LogP contribution in [0.5, 0.6) is 0 Å². The summed E-state index contributed by atoms with van der Waals surface area (Å²) in [6.45, 7) is 6.34. The summed E-state index contributed by atoms with van der Waals surface area (Å²) in [5, 5.41) is 0. The third kappa shape index (κ3) is 2.83. The van der Waals surface area contributed by atoms with Crippen molar-refractivity contribution in [1.29, 1.82) is 0 Å². The van der Waals surface area contributed by atoms with E-state index in [0.29, 0.717) is 11.3 Å². The van der Waals surface area contributed by atoms with Crippen molar-refractivity contribution in [3.63, 3.8) is 0 Å². The van der Waals surface area contributed by atoms with E-state index in [1.165, 1.54) is 12.5 Å². The highest BCUT2D eigenvalue weighted by molar-refractivity contribution is 6.09. The summed E-state index contributed by atoms with van der Waals surface area (Å²) in [6.07, 6.45) is 4.42. The van der Waals surface area contributed by atoms with E-state index in [1.54, 1.807) is 6.07 Å². The van der Waals surface area contributed by atoms with E-state index in [1.807, 2.05) is 31.4 Å². The summed E-state index contributed by atoms with van der Waals surface area (Å²) in [5.74, 6) is -0.572. The molecule has 5 nitrogen and oxygen atoms in total. The number of hydrogen-bond donors (Lipinski definition) is 0. The number of nitrogens with zero attached hydrogens (tertiary/aromatic N) is 1. The lowest BCUT2D eigenvalue weighted by Gasteiger charge is -2.25. The highest BCUT2D eigenvalue weighted by Crippen LogP contribution is 2.33. The van der Waals surface area contributed by atoms with E-state index < -0.39 is 0 Å². The molecule has 0 amide bonds. The molecule has 0 radical (unpaired) electrons. The first kappa shape index (κ1) is 15.6. The lowest BCUT2D eigenvalue weighted by Crippen LogP contribution is -2.27. The molecule has 0 spiro atoms. The average molecular weight is 315 g/mol. The molecule has 5 heteroatoms. The van der Waals surface area contributed by atoms with Crippen molar-refractivity contribution in [3.05, 3.63) is 47.2 Å². The number of carbonyl (C=O) groups is 2. The molecule has 1 unspecified atom stereocenters. The van der Waals surface area contributed by atoms with Gasteiger partial charge in [0, 0.05) is 12.2 Å². The Morgan fingerprint density at radius 3 is 2.83 bits per heavy atom. The van der Waals surface area contributed by atoms with Gasteiger partial charge in [-0.3, -0.25) is 9.59 Å². The van der Waals surface area contributed by atoms with Crippen LogP contribution < -0.4 is 0 Å². The molecule has 2 aromatic heterocycles. The molecule has 0 N–H and O–H groups in total. The van der Waals surface area contributed by atoms with Gasteiger partial charge in [-0.25, -0.2) is 0 Å². The quantitative estimate of drug-likeness (QED) is 0.640. The first-order valence-corrected chi connectivity index (χ1v) is 7.96. The van der Waals surface area contributed by atoms with Crippen molar-refractivity contribution in [2.45, 2.75) is 52.2 Å². The highest BCUT2D eigenvalue weighted by atomic mass is 16.5. The van der Waals surface area contributed by atoms with Crippen LogP contribution in [0.3, 0.4) is 0 Å². The number of carbonyl (C=O) groups excluding carboxylic acids is 2. The number of fused-ring (bicyclic) bond motifs is 1. The number of aromatic nitrogens is 1. The maximum absolute atomic E-state index is 12.7. The summed E-state index contributed by atoms with van der Waals surface area (Å²) in [6, 6.07) is 3.60. The van der Waals surface area contributed by atoms with Gasteiger partial charge in [0.25, 0.3) is 0 Å². The number of ether oxygens (including phenoxy) is 1. The van der Waals surface area contributed by atoms with Gasteiger partial charge in [-0.2, -0.15) is 0 Å². The fourth-order valence-corrected chi connectivity index (χ4v) is 3.23. The monoisotopic (exact) mass is 315 g/mol. The first-order valence-electron chi connectivity index (χ1n) is 7.96. The Morgan fingerprint density at radius 2 is 2.17 bits per heavy atom. The Kier molecular flexibility index (Phi) is 4.11. The predicted molar refractivity (Wildman–Crippen MR) is 84.5 cm³/mol. The second-order valence-corrected chi connectivity index (χ2v) is 6.27. The van der Waals surface area contributed by atoms with Crippen LogP contribution in [-0.4, -0.2) is 22.4 Å². The summed E-state index contributed by atoms with van der Waals surface area (Å²) >= 11 is 0. The topological polar surface area (TPSA) is 61.4 Å². The zero-order valence-corrected chi connectivity index (χ0v) is 13.7. The molecule has 0 fully saturated rings. The minimum absolute atomic E-state index is 0.0691. The minimum atomic E-state index is -0.296. The van der Waals surface area contributed by atoms with E-state index in [0.717, 1.165) is 30.6 Å². The average Bonchev–Trinajstić information content (AvgIpc) is 3.12. The van der Waals surface area contributed by atoms with Gasteiger partial charge in [-0.1, -0.05) is 0 Å². The van der Waals surface area contributed by atoms with E-state index in [9.17, 15) is 9.59 Å².